The minimum absolute atomic E-state index is 0.198. The number of aromatic amines is 4. The fourth-order valence-corrected chi connectivity index (χ4v) is 16.1. The van der Waals surface area contributed by atoms with Gasteiger partial charge in [0.15, 0.2) is 0 Å². The molecule has 8 aromatic carbocycles. The molecule has 0 unspecified atom stereocenters. The average Bonchev–Trinajstić information content (AvgIpc) is 1.63. The van der Waals surface area contributed by atoms with E-state index >= 15 is 0 Å². The van der Waals surface area contributed by atoms with E-state index in [1.165, 1.54) is 83.0 Å². The molecule has 11 N–H and O–H groups in total. The SMILES string of the molecule is CN1CCN(Cc2ccc(CN)o2)CC1.COc1c(C(=O)NCC(=O)O)ccc2n[nH]c(/C=C/c3ccc(F)cc3)c12.COc1c(C(=O)NCC(=O)OC(C)(C)C)ccc2n[nH]c(/C=C/c3ccc(F)cc3)c12.COc1c(C(=O)NCc2ccc(CN3CCN(C)CC3)o2)ccc2n[nH]c(/C=C/c3ccc(F)cc3)c12.COc1c(C(=O)NCc2ccc(CN3CCOCC3)o2)ccc2n[nH]c(/C=C/c3ccc(F)cc3)c12. The zero-order chi connectivity index (χ0) is 103. The van der Waals surface area contributed by atoms with Gasteiger partial charge >= 0.3 is 11.9 Å². The van der Waals surface area contributed by atoms with Crippen LogP contribution >= 0.6 is 0 Å². The van der Waals surface area contributed by atoms with Gasteiger partial charge in [0.25, 0.3) is 23.6 Å². The zero-order valence-electron chi connectivity index (χ0n) is 82.3. The van der Waals surface area contributed by atoms with Gasteiger partial charge in [-0.2, -0.15) is 20.4 Å². The Kier molecular flexibility index (Phi) is 36.7. The predicted octanol–water partition coefficient (Wildman–Crippen LogP) is 15.5. The fraction of sp³-hybridized carbons (Fsp3) is 0.278. The maximum absolute atomic E-state index is 13.2. The molecule has 0 aliphatic carbocycles. The molecule has 4 amide bonds. The van der Waals surface area contributed by atoms with Crippen LogP contribution in [0, 0.1) is 23.3 Å². The van der Waals surface area contributed by atoms with Crippen molar-refractivity contribution in [2.45, 2.75) is 65.6 Å². The van der Waals surface area contributed by atoms with Crippen molar-refractivity contribution < 1.29 is 93.1 Å². The average molecular weight is 2000 g/mol. The number of hydrogen-bond acceptors (Lipinski definition) is 25. The third-order valence-electron chi connectivity index (χ3n) is 23.7. The van der Waals surface area contributed by atoms with E-state index in [0.29, 0.717) is 113 Å². The predicted molar refractivity (Wildman–Crippen MR) is 548 cm³/mol. The fourth-order valence-electron chi connectivity index (χ4n) is 16.1. The summed E-state index contributed by atoms with van der Waals surface area (Å²) < 4.78 is 103. The number of carboxylic acids is 1. The van der Waals surface area contributed by atoms with E-state index in [1.54, 1.807) is 136 Å². The second kappa shape index (κ2) is 50.7. The van der Waals surface area contributed by atoms with Gasteiger partial charge in [-0.3, -0.25) is 63.9 Å². The molecule has 7 aromatic heterocycles. The van der Waals surface area contributed by atoms with Crippen LogP contribution in [0.2, 0.25) is 0 Å². The number of nitrogens with zero attached hydrogens (tertiary/aromatic N) is 9. The number of nitrogens with two attached hydrogens (primary N) is 1. The van der Waals surface area contributed by atoms with Crippen molar-refractivity contribution in [3.8, 4) is 23.0 Å². The number of halogens is 4. The highest BCUT2D eigenvalue weighted by Crippen LogP contribution is 2.38. The van der Waals surface area contributed by atoms with Gasteiger partial charge in [-0.05, 0) is 215 Å². The third-order valence-corrected chi connectivity index (χ3v) is 23.7. The van der Waals surface area contributed by atoms with Crippen molar-refractivity contribution in [2.24, 2.45) is 5.73 Å². The Morgan fingerprint density at radius 3 is 0.925 bits per heavy atom. The van der Waals surface area contributed by atoms with Gasteiger partial charge in [-0.1, -0.05) is 72.8 Å². The number of carbonyl (C=O) groups is 6. The number of rotatable bonds is 31. The van der Waals surface area contributed by atoms with E-state index in [0.717, 1.165) is 144 Å². The van der Waals surface area contributed by atoms with Crippen LogP contribution in [0.4, 0.5) is 17.6 Å². The van der Waals surface area contributed by atoms with Crippen molar-refractivity contribution in [1.29, 1.82) is 0 Å². The number of amides is 4. The number of piperazine rings is 2. The summed E-state index contributed by atoms with van der Waals surface area (Å²) in [6, 6.07) is 49.4. The first-order chi connectivity index (χ1) is 70.5. The van der Waals surface area contributed by atoms with E-state index < -0.39 is 35.9 Å². The quantitative estimate of drug-likeness (QED) is 0.0142. The molecule has 762 valence electrons. The van der Waals surface area contributed by atoms with Crippen LogP contribution in [-0.4, -0.2) is 246 Å². The number of carboxylic acid groups (broad SMARTS) is 1. The number of fused-ring (bicyclic) bond motifs is 4. The molecule has 18 rings (SSSR count). The second-order valence-electron chi connectivity index (χ2n) is 35.3. The van der Waals surface area contributed by atoms with E-state index in [1.807, 2.05) is 60.7 Å². The first-order valence-electron chi connectivity index (χ1n) is 47.1. The lowest BCUT2D eigenvalue weighted by Gasteiger charge is -2.31. The summed E-state index contributed by atoms with van der Waals surface area (Å²) in [4.78, 5) is 85.5. The molecule has 3 fully saturated rings. The van der Waals surface area contributed by atoms with Gasteiger partial charge in [-0.15, -0.1) is 0 Å². The van der Waals surface area contributed by atoms with Crippen LogP contribution in [0.5, 0.6) is 23.0 Å². The van der Waals surface area contributed by atoms with Crippen LogP contribution in [0.15, 0.2) is 195 Å². The highest BCUT2D eigenvalue weighted by atomic mass is 19.1. The maximum Gasteiger partial charge on any atom is 0.325 e. The summed E-state index contributed by atoms with van der Waals surface area (Å²) >= 11 is 0. The first-order valence-corrected chi connectivity index (χ1v) is 47.1. The Morgan fingerprint density at radius 2 is 0.644 bits per heavy atom. The summed E-state index contributed by atoms with van der Waals surface area (Å²) in [6.07, 6.45) is 14.4. The molecule has 0 radical (unpaired) electrons. The Bertz CT molecular complexity index is 7100. The van der Waals surface area contributed by atoms with E-state index in [2.05, 4.69) is 101 Å². The molecule has 3 aliphatic heterocycles. The minimum Gasteiger partial charge on any atom is -0.495 e. The van der Waals surface area contributed by atoms with Gasteiger partial charge in [0.1, 0.15) is 99.5 Å². The number of nitrogens with one attached hydrogen (secondary N) is 8. The second-order valence-corrected chi connectivity index (χ2v) is 35.3. The molecule has 15 aromatic rings. The minimum atomic E-state index is -1.14. The smallest absolute Gasteiger partial charge is 0.325 e. The number of methoxy groups -OCH3 is 4. The molecule has 146 heavy (non-hydrogen) atoms. The number of likely N-dealkylation sites (N-methyl/N-ethyl adjacent to an activating group) is 2. The third kappa shape index (κ3) is 29.1. The number of morpholine rings is 1. The number of benzene rings is 8. The number of hydrogen-bond donors (Lipinski definition) is 10. The molecule has 0 bridgehead atoms. The first kappa shape index (κ1) is 106. The highest BCUT2D eigenvalue weighted by Gasteiger charge is 2.28. The van der Waals surface area contributed by atoms with Crippen LogP contribution in [0.1, 0.15) is 142 Å². The van der Waals surface area contributed by atoms with Crippen LogP contribution in [-0.2, 0) is 58.3 Å². The lowest BCUT2D eigenvalue weighted by Crippen LogP contribution is -2.43. The normalized spacial score (nSPS) is 13.9. The Morgan fingerprint density at radius 1 is 0.370 bits per heavy atom. The van der Waals surface area contributed by atoms with Crippen LogP contribution < -0.4 is 45.9 Å². The maximum atomic E-state index is 13.2. The molecule has 0 spiro atoms. The molecule has 0 atom stereocenters. The Labute approximate surface area is 838 Å². The summed E-state index contributed by atoms with van der Waals surface area (Å²) in [6.45, 7) is 19.8. The number of ether oxygens (including phenoxy) is 6. The van der Waals surface area contributed by atoms with E-state index in [4.69, 9.17) is 52.5 Å². The molecule has 38 heteroatoms. The van der Waals surface area contributed by atoms with Crippen molar-refractivity contribution in [2.75, 3.05) is 134 Å². The monoisotopic (exact) mass is 2000 g/mol. The van der Waals surface area contributed by atoms with Crippen molar-refractivity contribution in [3.63, 3.8) is 0 Å². The molecule has 34 nitrogen and oxygen atoms in total. The number of esters is 1. The number of carbonyl (C=O) groups excluding carboxylic acids is 5. The van der Waals surface area contributed by atoms with E-state index in [-0.39, 0.29) is 71.6 Å². The van der Waals surface area contributed by atoms with E-state index in [9.17, 15) is 46.3 Å². The molecule has 0 saturated carbocycles. The van der Waals surface area contributed by atoms with Gasteiger partial charge in [0.2, 0.25) is 0 Å². The van der Waals surface area contributed by atoms with Crippen LogP contribution in [0.3, 0.4) is 0 Å². The molecule has 3 aliphatic rings. The van der Waals surface area contributed by atoms with Crippen molar-refractivity contribution in [3.05, 3.63) is 307 Å². The molecular weight excluding hydrogens is 1880 g/mol. The van der Waals surface area contributed by atoms with Crippen molar-refractivity contribution in [1.82, 2.24) is 86.6 Å². The van der Waals surface area contributed by atoms with Crippen LogP contribution in [0.25, 0.3) is 92.2 Å². The molecular formula is C108H116F4N18O16. The Hall–Kier alpha value is -16.1. The summed E-state index contributed by atoms with van der Waals surface area (Å²) in [5, 5.41) is 50.9. The number of aromatic nitrogens is 8. The lowest BCUT2D eigenvalue weighted by atomic mass is 10.1. The molecule has 3 saturated heterocycles. The van der Waals surface area contributed by atoms with Gasteiger partial charge in [0, 0.05) is 65.4 Å². The largest absolute Gasteiger partial charge is 0.495 e. The topological polar surface area (TPSA) is 423 Å². The van der Waals surface area contributed by atoms with Crippen molar-refractivity contribution >= 4 is 128 Å². The zero-order valence-corrected chi connectivity index (χ0v) is 82.3. The number of aliphatic carboxylic acids is 1. The number of furan rings is 3. The van der Waals surface area contributed by atoms with Gasteiger partial charge in [0.05, 0.1) is 170 Å². The standard InChI is InChI=1S/C28H30FN5O3.C27H27FN4O4.C23H24FN3O4.C19H16FN3O4.C11H19N3O/c1-33-13-15-34(16-14-33)18-22-9-8-21(37-22)17-30-28(35)23-10-12-25-26(27(23)36-2)24(31-32-25)11-5-19-3-6-20(29)7-4-19;1-34-26-22(27(33)29-16-20-7-8-21(36-20)17-32-12-14-35-15-13-32)9-11-24-25(26)23(30-31-24)10-4-18-2-5-19(28)6-3-18;1-23(2,3)31-19(28)13-25-22(29)16-10-12-18-20(21(16)30-4)17(26-27-18)11-7-14-5-8-15(24)9-6-14;1-27-18-13(19(26)21-10-16(24)25)7-9-15-17(18)14(22-23-15)8-4-11-2-5-12(20)6-3-11;1-13-4-6-14(7-5-13)9-11-3-2-10(8-12)15-11/h3-12H,13-18H2,1-2H3,(H,30,35)(H,31,32);2-11H,12-17H2,1H3,(H,29,33)(H,30,31);5-12H,13H2,1-4H3,(H,25,29)(H,26,27);2-9H,10H2,1H3,(H,21,26)(H,22,23)(H,24,25);2-3H,4-9,12H2,1H3/b11-5+;10-4+;11-7+;8-4+;. The van der Waals surface area contributed by atoms with Gasteiger partial charge < -0.3 is 83.6 Å². The van der Waals surface area contributed by atoms with Gasteiger partial charge in [-0.25, -0.2) is 17.6 Å². The highest BCUT2D eigenvalue weighted by molar-refractivity contribution is 6.09. The summed E-state index contributed by atoms with van der Waals surface area (Å²) in [5.41, 5.74) is 14.5. The summed E-state index contributed by atoms with van der Waals surface area (Å²) in [7, 11) is 10.2. The lowest BCUT2D eigenvalue weighted by molar-refractivity contribution is -0.153. The summed E-state index contributed by atoms with van der Waals surface area (Å²) in [5.74, 6) is 2.00. The number of H-pyrrole nitrogens is 4. The molecule has 10 heterocycles. The Balaban J connectivity index is 0.000000148.